The van der Waals surface area contributed by atoms with Gasteiger partial charge in [-0.15, -0.1) is 0 Å². The van der Waals surface area contributed by atoms with Crippen LogP contribution in [0.4, 0.5) is 5.69 Å². The molecule has 1 amide bonds. The summed E-state index contributed by atoms with van der Waals surface area (Å²) in [6, 6.07) is 7.54. The summed E-state index contributed by atoms with van der Waals surface area (Å²) in [4.78, 5) is 24.2. The quantitative estimate of drug-likeness (QED) is 0.781. The first kappa shape index (κ1) is 15.8. The lowest BCUT2D eigenvalue weighted by Gasteiger charge is -2.20. The van der Waals surface area contributed by atoms with Gasteiger partial charge in [0, 0.05) is 25.7 Å². The Kier molecular flexibility index (Phi) is 5.77. The summed E-state index contributed by atoms with van der Waals surface area (Å²) in [5, 5.41) is 11.3. The number of carbonyl (C=O) groups is 2. The van der Waals surface area contributed by atoms with Gasteiger partial charge in [-0.25, -0.2) is 4.79 Å². The normalized spacial score (nSPS) is 11.1. The Balaban J connectivity index is 2.96. The number of aliphatic carboxylic acids is 1. The van der Waals surface area contributed by atoms with Crippen LogP contribution in [0.15, 0.2) is 30.0 Å². The van der Waals surface area contributed by atoms with Crippen molar-refractivity contribution in [3.63, 3.8) is 0 Å². The van der Waals surface area contributed by atoms with Gasteiger partial charge in [0.25, 0.3) is 0 Å². The van der Waals surface area contributed by atoms with E-state index < -0.39 is 11.9 Å². The molecule has 0 aromatic heterocycles. The molecule has 0 saturated heterocycles. The number of rotatable bonds is 6. The minimum absolute atomic E-state index is 0.131. The standard InChI is InChI=1S/C15H20N2O3/c1-4-17(5-2)13-8-6-12(7-9-13)10-14(15(19)20)16-11(3)18/h6-10H,4-5H2,1-3H3,(H,16,18)(H,19,20)/b14-10+. The highest BCUT2D eigenvalue weighted by Crippen LogP contribution is 2.16. The van der Waals surface area contributed by atoms with Gasteiger partial charge < -0.3 is 15.3 Å². The fourth-order valence-corrected chi connectivity index (χ4v) is 1.88. The summed E-state index contributed by atoms with van der Waals surface area (Å²) in [6.07, 6.45) is 1.44. The van der Waals surface area contributed by atoms with E-state index in [2.05, 4.69) is 24.1 Å². The van der Waals surface area contributed by atoms with Crippen molar-refractivity contribution in [3.8, 4) is 0 Å². The van der Waals surface area contributed by atoms with Crippen molar-refractivity contribution in [3.05, 3.63) is 35.5 Å². The van der Waals surface area contributed by atoms with E-state index >= 15 is 0 Å². The molecule has 1 aromatic carbocycles. The molecule has 0 aliphatic heterocycles. The second-order valence-corrected chi connectivity index (χ2v) is 4.31. The van der Waals surface area contributed by atoms with Crippen molar-refractivity contribution in [1.29, 1.82) is 0 Å². The number of carboxylic acids is 1. The SMILES string of the molecule is CCN(CC)c1ccc(/C=C(/NC(C)=O)C(=O)O)cc1. The topological polar surface area (TPSA) is 69.6 Å². The molecule has 20 heavy (non-hydrogen) atoms. The van der Waals surface area contributed by atoms with Crippen molar-refractivity contribution in [2.45, 2.75) is 20.8 Å². The number of hydrogen-bond acceptors (Lipinski definition) is 3. The number of carbonyl (C=O) groups excluding carboxylic acids is 1. The Morgan fingerprint density at radius 1 is 1.20 bits per heavy atom. The summed E-state index contributed by atoms with van der Waals surface area (Å²) in [5.41, 5.74) is 1.68. The van der Waals surface area contributed by atoms with Gasteiger partial charge >= 0.3 is 5.97 Å². The van der Waals surface area contributed by atoms with Crippen LogP contribution in [0.25, 0.3) is 6.08 Å². The van der Waals surface area contributed by atoms with E-state index in [1.807, 2.05) is 24.3 Å². The molecule has 0 saturated carbocycles. The highest BCUT2D eigenvalue weighted by Gasteiger charge is 2.09. The molecule has 0 aliphatic rings. The largest absolute Gasteiger partial charge is 0.477 e. The van der Waals surface area contributed by atoms with Crippen LogP contribution in [0.2, 0.25) is 0 Å². The van der Waals surface area contributed by atoms with Gasteiger partial charge in [0.1, 0.15) is 5.70 Å². The maximum absolute atomic E-state index is 11.0. The molecule has 0 bridgehead atoms. The first-order chi connectivity index (χ1) is 9.47. The molecule has 5 heteroatoms. The van der Waals surface area contributed by atoms with Gasteiger partial charge in [-0.1, -0.05) is 12.1 Å². The van der Waals surface area contributed by atoms with Crippen LogP contribution in [0.5, 0.6) is 0 Å². The Labute approximate surface area is 118 Å². The van der Waals surface area contributed by atoms with Gasteiger partial charge in [0.05, 0.1) is 0 Å². The highest BCUT2D eigenvalue weighted by molar-refractivity contribution is 5.96. The van der Waals surface area contributed by atoms with Crippen molar-refractivity contribution >= 4 is 23.6 Å². The summed E-state index contributed by atoms with van der Waals surface area (Å²) < 4.78 is 0. The zero-order valence-electron chi connectivity index (χ0n) is 12.0. The lowest BCUT2D eigenvalue weighted by Crippen LogP contribution is -2.24. The highest BCUT2D eigenvalue weighted by atomic mass is 16.4. The number of benzene rings is 1. The molecule has 5 nitrogen and oxygen atoms in total. The van der Waals surface area contributed by atoms with E-state index in [-0.39, 0.29) is 5.70 Å². The fraction of sp³-hybridized carbons (Fsp3) is 0.333. The molecule has 1 rings (SSSR count). The average molecular weight is 276 g/mol. The molecule has 0 spiro atoms. The van der Waals surface area contributed by atoms with Crippen molar-refractivity contribution in [2.75, 3.05) is 18.0 Å². The van der Waals surface area contributed by atoms with Gasteiger partial charge in [-0.2, -0.15) is 0 Å². The number of nitrogens with zero attached hydrogens (tertiary/aromatic N) is 1. The van der Waals surface area contributed by atoms with E-state index in [1.54, 1.807) is 0 Å². The molecule has 0 radical (unpaired) electrons. The molecule has 0 unspecified atom stereocenters. The lowest BCUT2D eigenvalue weighted by molar-refractivity contribution is -0.134. The second-order valence-electron chi connectivity index (χ2n) is 4.31. The van der Waals surface area contributed by atoms with E-state index in [0.717, 1.165) is 24.3 Å². The third-order valence-electron chi connectivity index (χ3n) is 2.87. The first-order valence-electron chi connectivity index (χ1n) is 6.55. The molecule has 0 fully saturated rings. The first-order valence-corrected chi connectivity index (χ1v) is 6.55. The van der Waals surface area contributed by atoms with Crippen LogP contribution in [-0.2, 0) is 9.59 Å². The van der Waals surface area contributed by atoms with Crippen molar-refractivity contribution in [2.24, 2.45) is 0 Å². The van der Waals surface area contributed by atoms with Gasteiger partial charge in [0.2, 0.25) is 5.91 Å². The fourth-order valence-electron chi connectivity index (χ4n) is 1.88. The summed E-state index contributed by atoms with van der Waals surface area (Å²) in [5.74, 6) is -1.56. The summed E-state index contributed by atoms with van der Waals surface area (Å²) in [6.45, 7) is 7.27. The smallest absolute Gasteiger partial charge is 0.352 e. The zero-order valence-corrected chi connectivity index (χ0v) is 12.0. The predicted molar refractivity (Wildman–Crippen MR) is 79.4 cm³/mol. The Bertz CT molecular complexity index is 502. The molecule has 108 valence electrons. The van der Waals surface area contributed by atoms with E-state index in [4.69, 9.17) is 5.11 Å². The van der Waals surface area contributed by atoms with E-state index in [9.17, 15) is 9.59 Å². The van der Waals surface area contributed by atoms with Crippen LogP contribution in [0.3, 0.4) is 0 Å². The average Bonchev–Trinajstić information content (AvgIpc) is 2.40. The predicted octanol–water partition coefficient (Wildman–Crippen LogP) is 2.09. The number of hydrogen-bond donors (Lipinski definition) is 2. The van der Waals surface area contributed by atoms with E-state index in [0.29, 0.717) is 0 Å². The Hall–Kier alpha value is -2.30. The molecule has 0 aliphatic carbocycles. The zero-order chi connectivity index (χ0) is 15.1. The number of amides is 1. The molecule has 1 aromatic rings. The monoisotopic (exact) mass is 276 g/mol. The lowest BCUT2D eigenvalue weighted by atomic mass is 10.1. The molecular formula is C15H20N2O3. The van der Waals surface area contributed by atoms with Crippen LogP contribution >= 0.6 is 0 Å². The van der Waals surface area contributed by atoms with E-state index in [1.165, 1.54) is 13.0 Å². The van der Waals surface area contributed by atoms with Crippen molar-refractivity contribution in [1.82, 2.24) is 5.32 Å². The molecule has 0 atom stereocenters. The van der Waals surface area contributed by atoms with Gasteiger partial charge in [-0.05, 0) is 37.6 Å². The third-order valence-corrected chi connectivity index (χ3v) is 2.87. The third kappa shape index (κ3) is 4.42. The van der Waals surface area contributed by atoms with Crippen LogP contribution in [0.1, 0.15) is 26.3 Å². The summed E-state index contributed by atoms with van der Waals surface area (Å²) in [7, 11) is 0. The molecular weight excluding hydrogens is 256 g/mol. The van der Waals surface area contributed by atoms with Gasteiger partial charge in [0.15, 0.2) is 0 Å². The number of nitrogens with one attached hydrogen (secondary N) is 1. The molecule has 0 heterocycles. The van der Waals surface area contributed by atoms with Gasteiger partial charge in [-0.3, -0.25) is 4.79 Å². The maximum Gasteiger partial charge on any atom is 0.352 e. The minimum atomic E-state index is -1.16. The van der Waals surface area contributed by atoms with Crippen LogP contribution in [0, 0.1) is 0 Å². The van der Waals surface area contributed by atoms with Crippen LogP contribution < -0.4 is 10.2 Å². The number of anilines is 1. The summed E-state index contributed by atoms with van der Waals surface area (Å²) >= 11 is 0. The minimum Gasteiger partial charge on any atom is -0.477 e. The van der Waals surface area contributed by atoms with Crippen LogP contribution in [-0.4, -0.2) is 30.1 Å². The maximum atomic E-state index is 11.0. The second kappa shape index (κ2) is 7.33. The molecule has 2 N–H and O–H groups in total. The Morgan fingerprint density at radius 3 is 2.15 bits per heavy atom. The van der Waals surface area contributed by atoms with Crippen molar-refractivity contribution < 1.29 is 14.7 Å². The Morgan fingerprint density at radius 2 is 1.75 bits per heavy atom. The number of carboxylic acid groups (broad SMARTS) is 1.